The molecule has 0 saturated heterocycles. The van der Waals surface area contributed by atoms with Crippen LogP contribution in [0.5, 0.6) is 0 Å². The van der Waals surface area contributed by atoms with Gasteiger partial charge in [-0.15, -0.1) is 0 Å². The van der Waals surface area contributed by atoms with Gasteiger partial charge in [-0.25, -0.2) is 0 Å². The molecule has 1 aliphatic carbocycles. The number of ether oxygens (including phenoxy) is 1. The van der Waals surface area contributed by atoms with E-state index in [1.807, 2.05) is 0 Å². The summed E-state index contributed by atoms with van der Waals surface area (Å²) in [5.41, 5.74) is 0. The first-order chi connectivity index (χ1) is 7.09. The Hall–Kier alpha value is -0.0400. The first-order valence-electron chi connectivity index (χ1n) is 6.67. The zero-order chi connectivity index (χ0) is 11.3. The molecule has 0 aromatic carbocycles. The molecule has 0 aromatic rings. The van der Waals surface area contributed by atoms with Crippen molar-refractivity contribution in [1.29, 1.82) is 0 Å². The molecule has 1 fully saturated rings. The SMILES string of the molecule is CC(C)CCC[C@H]1C[C@@H]1COCC(C)C. The highest BCUT2D eigenvalue weighted by Gasteiger charge is 2.36. The summed E-state index contributed by atoms with van der Waals surface area (Å²) in [4.78, 5) is 0. The Bertz CT molecular complexity index is 145. The molecule has 1 saturated carbocycles. The van der Waals surface area contributed by atoms with Gasteiger partial charge in [-0.3, -0.25) is 0 Å². The zero-order valence-electron chi connectivity index (χ0n) is 11.0. The van der Waals surface area contributed by atoms with Gasteiger partial charge in [-0.05, 0) is 30.1 Å². The van der Waals surface area contributed by atoms with Gasteiger partial charge >= 0.3 is 0 Å². The largest absolute Gasteiger partial charge is 0.381 e. The summed E-state index contributed by atoms with van der Waals surface area (Å²) < 4.78 is 5.68. The number of rotatable bonds is 8. The first kappa shape index (κ1) is 13.0. The van der Waals surface area contributed by atoms with Crippen molar-refractivity contribution in [3.8, 4) is 0 Å². The Kier molecular flexibility index (Phi) is 5.66. The van der Waals surface area contributed by atoms with Gasteiger partial charge in [0.25, 0.3) is 0 Å². The summed E-state index contributed by atoms with van der Waals surface area (Å²) in [5, 5.41) is 0. The summed E-state index contributed by atoms with van der Waals surface area (Å²) in [6.07, 6.45) is 5.68. The molecular weight excluding hydrogens is 184 g/mol. The van der Waals surface area contributed by atoms with E-state index < -0.39 is 0 Å². The molecule has 0 unspecified atom stereocenters. The Morgan fingerprint density at radius 2 is 1.80 bits per heavy atom. The van der Waals surface area contributed by atoms with Gasteiger partial charge in [-0.2, -0.15) is 0 Å². The highest BCUT2D eigenvalue weighted by Crippen LogP contribution is 2.42. The topological polar surface area (TPSA) is 9.23 Å². The fraction of sp³-hybridized carbons (Fsp3) is 1.00. The van der Waals surface area contributed by atoms with E-state index >= 15 is 0 Å². The van der Waals surface area contributed by atoms with Crippen LogP contribution in [-0.2, 0) is 4.74 Å². The molecule has 1 nitrogen and oxygen atoms in total. The van der Waals surface area contributed by atoms with E-state index in [0.29, 0.717) is 5.92 Å². The summed E-state index contributed by atoms with van der Waals surface area (Å²) in [6.45, 7) is 11.0. The van der Waals surface area contributed by atoms with Gasteiger partial charge in [0, 0.05) is 13.2 Å². The second kappa shape index (κ2) is 6.52. The monoisotopic (exact) mass is 212 g/mol. The van der Waals surface area contributed by atoms with Crippen LogP contribution in [0, 0.1) is 23.7 Å². The number of hydrogen-bond donors (Lipinski definition) is 0. The summed E-state index contributed by atoms with van der Waals surface area (Å²) in [6, 6.07) is 0. The van der Waals surface area contributed by atoms with E-state index in [4.69, 9.17) is 4.74 Å². The third-order valence-electron chi connectivity index (χ3n) is 3.21. The molecule has 1 rings (SSSR count). The van der Waals surface area contributed by atoms with Crippen molar-refractivity contribution in [3.63, 3.8) is 0 Å². The van der Waals surface area contributed by atoms with E-state index in [0.717, 1.165) is 31.0 Å². The molecule has 2 atom stereocenters. The third kappa shape index (κ3) is 6.19. The van der Waals surface area contributed by atoms with Gasteiger partial charge in [0.1, 0.15) is 0 Å². The van der Waals surface area contributed by atoms with Crippen LogP contribution in [0.2, 0.25) is 0 Å². The number of hydrogen-bond acceptors (Lipinski definition) is 1. The van der Waals surface area contributed by atoms with Gasteiger partial charge in [0.05, 0.1) is 0 Å². The van der Waals surface area contributed by atoms with Crippen LogP contribution in [0.1, 0.15) is 53.4 Å². The lowest BCUT2D eigenvalue weighted by Gasteiger charge is -2.06. The summed E-state index contributed by atoms with van der Waals surface area (Å²) in [5.74, 6) is 3.45. The molecule has 0 N–H and O–H groups in total. The zero-order valence-corrected chi connectivity index (χ0v) is 11.0. The Labute approximate surface area is 95.6 Å². The van der Waals surface area contributed by atoms with Crippen molar-refractivity contribution in [1.82, 2.24) is 0 Å². The molecule has 0 spiro atoms. The molecule has 1 aliphatic rings. The molecule has 0 aliphatic heterocycles. The van der Waals surface area contributed by atoms with Crippen LogP contribution < -0.4 is 0 Å². The molecule has 0 aromatic heterocycles. The Morgan fingerprint density at radius 3 is 2.40 bits per heavy atom. The molecule has 0 heterocycles. The van der Waals surface area contributed by atoms with Gasteiger partial charge in [0.15, 0.2) is 0 Å². The maximum Gasteiger partial charge on any atom is 0.0497 e. The minimum Gasteiger partial charge on any atom is -0.381 e. The molecule has 0 radical (unpaired) electrons. The maximum absolute atomic E-state index is 5.68. The van der Waals surface area contributed by atoms with Gasteiger partial charge in [0.2, 0.25) is 0 Å². The van der Waals surface area contributed by atoms with Crippen LogP contribution >= 0.6 is 0 Å². The van der Waals surface area contributed by atoms with E-state index in [1.54, 1.807) is 0 Å². The van der Waals surface area contributed by atoms with Crippen LogP contribution in [0.4, 0.5) is 0 Å². The second-order valence-electron chi connectivity index (χ2n) is 6.01. The summed E-state index contributed by atoms with van der Waals surface area (Å²) in [7, 11) is 0. The highest BCUT2D eigenvalue weighted by molar-refractivity contribution is 4.85. The van der Waals surface area contributed by atoms with Crippen molar-refractivity contribution in [2.75, 3.05) is 13.2 Å². The predicted molar refractivity (Wildman–Crippen MR) is 65.9 cm³/mol. The molecule has 90 valence electrons. The molecule has 0 amide bonds. The molecule has 0 bridgehead atoms. The standard InChI is InChI=1S/C14H28O/c1-11(2)6-5-7-13-8-14(13)10-15-9-12(3)4/h11-14H,5-10H2,1-4H3/t13-,14+/m0/s1. The van der Waals surface area contributed by atoms with Gasteiger partial charge in [-0.1, -0.05) is 47.0 Å². The highest BCUT2D eigenvalue weighted by atomic mass is 16.5. The average Bonchev–Trinajstić information content (AvgIpc) is 2.82. The van der Waals surface area contributed by atoms with E-state index in [-0.39, 0.29) is 0 Å². The van der Waals surface area contributed by atoms with Crippen molar-refractivity contribution >= 4 is 0 Å². The average molecular weight is 212 g/mol. The second-order valence-corrected chi connectivity index (χ2v) is 6.01. The lowest BCUT2D eigenvalue weighted by Crippen LogP contribution is -2.05. The van der Waals surface area contributed by atoms with Crippen molar-refractivity contribution in [3.05, 3.63) is 0 Å². The Morgan fingerprint density at radius 1 is 1.07 bits per heavy atom. The van der Waals surface area contributed by atoms with Crippen LogP contribution in [0.3, 0.4) is 0 Å². The molecule has 1 heteroatoms. The van der Waals surface area contributed by atoms with Crippen molar-refractivity contribution in [2.45, 2.75) is 53.4 Å². The minimum atomic E-state index is 0.683. The van der Waals surface area contributed by atoms with E-state index in [1.165, 1.54) is 25.7 Å². The summed E-state index contributed by atoms with van der Waals surface area (Å²) >= 11 is 0. The van der Waals surface area contributed by atoms with Gasteiger partial charge < -0.3 is 4.74 Å². The fourth-order valence-electron chi connectivity index (χ4n) is 2.11. The lowest BCUT2D eigenvalue weighted by molar-refractivity contribution is 0.0977. The Balaban J connectivity index is 1.89. The lowest BCUT2D eigenvalue weighted by atomic mass is 10.0. The first-order valence-corrected chi connectivity index (χ1v) is 6.67. The molecule has 15 heavy (non-hydrogen) atoms. The predicted octanol–water partition coefficient (Wildman–Crippen LogP) is 4.12. The van der Waals surface area contributed by atoms with E-state index in [2.05, 4.69) is 27.7 Å². The molecular formula is C14H28O. The smallest absolute Gasteiger partial charge is 0.0497 e. The van der Waals surface area contributed by atoms with E-state index in [9.17, 15) is 0 Å². The quantitative estimate of drug-likeness (QED) is 0.588. The van der Waals surface area contributed by atoms with Crippen LogP contribution in [-0.4, -0.2) is 13.2 Å². The van der Waals surface area contributed by atoms with Crippen LogP contribution in [0.15, 0.2) is 0 Å². The van der Waals surface area contributed by atoms with Crippen molar-refractivity contribution < 1.29 is 4.74 Å². The maximum atomic E-state index is 5.68. The third-order valence-corrected chi connectivity index (χ3v) is 3.21. The fourth-order valence-corrected chi connectivity index (χ4v) is 2.11. The van der Waals surface area contributed by atoms with Crippen LogP contribution in [0.25, 0.3) is 0 Å². The normalized spacial score (nSPS) is 25.2. The van der Waals surface area contributed by atoms with Crippen molar-refractivity contribution in [2.24, 2.45) is 23.7 Å². The minimum absolute atomic E-state index is 0.683.